The van der Waals surface area contributed by atoms with Gasteiger partial charge in [-0.15, -0.1) is 0 Å². The topological polar surface area (TPSA) is 95.6 Å². The van der Waals surface area contributed by atoms with E-state index in [0.717, 1.165) is 5.56 Å². The lowest BCUT2D eigenvalue weighted by molar-refractivity contribution is -0.126. The molecule has 0 saturated carbocycles. The molecule has 1 heterocycles. The zero-order valence-electron chi connectivity index (χ0n) is 17.2. The zero-order valence-corrected chi connectivity index (χ0v) is 18.0. The van der Waals surface area contributed by atoms with E-state index in [1.54, 1.807) is 36.4 Å². The number of amides is 2. The molecule has 2 unspecified atom stereocenters. The molecule has 0 spiro atoms. The molecule has 8 heteroatoms. The number of hydrogen-bond donors (Lipinski definition) is 2. The Kier molecular flexibility index (Phi) is 6.89. The van der Waals surface area contributed by atoms with Crippen molar-refractivity contribution in [3.63, 3.8) is 0 Å². The van der Waals surface area contributed by atoms with Gasteiger partial charge in [0.2, 0.25) is 21.8 Å². The van der Waals surface area contributed by atoms with Gasteiger partial charge in [-0.25, -0.2) is 8.42 Å². The molecule has 0 bridgehead atoms. The van der Waals surface area contributed by atoms with Crippen LogP contribution in [0.3, 0.4) is 0 Å². The Labute approximate surface area is 177 Å². The molecule has 2 aromatic rings. The summed E-state index contributed by atoms with van der Waals surface area (Å²) in [4.78, 5) is 24.4. The van der Waals surface area contributed by atoms with Crippen molar-refractivity contribution in [2.24, 2.45) is 5.92 Å². The number of carbonyl (C=O) groups excluding carboxylic acids is 2. The lowest BCUT2D eigenvalue weighted by Gasteiger charge is -2.32. The van der Waals surface area contributed by atoms with E-state index in [1.165, 1.54) is 11.2 Å². The molecule has 30 heavy (non-hydrogen) atoms. The number of rotatable bonds is 6. The van der Waals surface area contributed by atoms with Crippen molar-refractivity contribution in [3.05, 3.63) is 60.2 Å². The van der Waals surface area contributed by atoms with Gasteiger partial charge in [0.15, 0.2) is 0 Å². The first-order valence-electron chi connectivity index (χ1n) is 10.0. The highest BCUT2D eigenvalue weighted by atomic mass is 32.2. The lowest BCUT2D eigenvalue weighted by Crippen LogP contribution is -2.45. The molecule has 3 rings (SSSR count). The van der Waals surface area contributed by atoms with Gasteiger partial charge in [0, 0.05) is 25.7 Å². The van der Waals surface area contributed by atoms with Crippen LogP contribution >= 0.6 is 0 Å². The van der Waals surface area contributed by atoms with E-state index in [9.17, 15) is 18.0 Å². The highest BCUT2D eigenvalue weighted by Gasteiger charge is 2.33. The Hall–Kier alpha value is -2.71. The summed E-state index contributed by atoms with van der Waals surface area (Å²) in [7, 11) is -3.61. The minimum atomic E-state index is -3.61. The fraction of sp³-hybridized carbons (Fsp3) is 0.364. The molecular weight excluding hydrogens is 402 g/mol. The molecule has 2 aromatic carbocycles. The Morgan fingerprint density at radius 1 is 1.10 bits per heavy atom. The van der Waals surface area contributed by atoms with Gasteiger partial charge in [-0.2, -0.15) is 4.31 Å². The van der Waals surface area contributed by atoms with Crippen LogP contribution < -0.4 is 10.6 Å². The fourth-order valence-electron chi connectivity index (χ4n) is 3.62. The minimum Gasteiger partial charge on any atom is -0.349 e. The molecule has 0 aliphatic carbocycles. The molecule has 7 nitrogen and oxygen atoms in total. The maximum atomic E-state index is 12.9. The molecule has 0 aromatic heterocycles. The fourth-order valence-corrected chi connectivity index (χ4v) is 5.16. The highest BCUT2D eigenvalue weighted by molar-refractivity contribution is 7.89. The number of nitrogens with one attached hydrogen (secondary N) is 2. The second kappa shape index (κ2) is 9.40. The molecule has 2 atom stereocenters. The van der Waals surface area contributed by atoms with Gasteiger partial charge in [0.25, 0.3) is 0 Å². The maximum Gasteiger partial charge on any atom is 0.243 e. The van der Waals surface area contributed by atoms with Crippen LogP contribution in [0.4, 0.5) is 5.69 Å². The van der Waals surface area contributed by atoms with Gasteiger partial charge in [-0.1, -0.05) is 30.3 Å². The van der Waals surface area contributed by atoms with Gasteiger partial charge in [0.1, 0.15) is 0 Å². The second-order valence-corrected chi connectivity index (χ2v) is 9.49. The van der Waals surface area contributed by atoms with E-state index < -0.39 is 15.9 Å². The third kappa shape index (κ3) is 5.25. The number of benzene rings is 2. The maximum absolute atomic E-state index is 12.9. The molecule has 2 amide bonds. The van der Waals surface area contributed by atoms with Crippen LogP contribution in [0.1, 0.15) is 38.3 Å². The van der Waals surface area contributed by atoms with Crippen LogP contribution in [-0.2, 0) is 19.6 Å². The van der Waals surface area contributed by atoms with E-state index in [1.807, 2.05) is 25.1 Å². The predicted octanol–water partition coefficient (Wildman–Crippen LogP) is 2.92. The standard InChI is InChI=1S/C22H27N3O4S/c1-16(18-8-6-10-20(14-18)24-17(2)26)23-22(27)19-9-7-13-25(15-19)30(28,29)21-11-4-3-5-12-21/h3-6,8,10-12,14,16,19H,7,9,13,15H2,1-2H3,(H,23,27)(H,24,26). The second-order valence-electron chi connectivity index (χ2n) is 7.55. The van der Waals surface area contributed by atoms with Crippen LogP contribution in [0.2, 0.25) is 0 Å². The van der Waals surface area contributed by atoms with Crippen LogP contribution in [0.5, 0.6) is 0 Å². The van der Waals surface area contributed by atoms with Gasteiger partial charge >= 0.3 is 0 Å². The summed E-state index contributed by atoms with van der Waals surface area (Å²) in [5.74, 6) is -0.732. The van der Waals surface area contributed by atoms with E-state index in [4.69, 9.17) is 0 Å². The summed E-state index contributed by atoms with van der Waals surface area (Å²) < 4.78 is 27.2. The summed E-state index contributed by atoms with van der Waals surface area (Å²) in [5.41, 5.74) is 1.53. The molecule has 1 aliphatic heterocycles. The van der Waals surface area contributed by atoms with Gasteiger partial charge < -0.3 is 10.6 Å². The number of sulfonamides is 1. The molecule has 160 valence electrons. The number of carbonyl (C=O) groups is 2. The number of hydrogen-bond acceptors (Lipinski definition) is 4. The van der Waals surface area contributed by atoms with E-state index in [0.29, 0.717) is 25.1 Å². The van der Waals surface area contributed by atoms with Crippen molar-refractivity contribution >= 4 is 27.5 Å². The van der Waals surface area contributed by atoms with Crippen molar-refractivity contribution < 1.29 is 18.0 Å². The number of piperidine rings is 1. The highest BCUT2D eigenvalue weighted by Crippen LogP contribution is 2.25. The summed E-state index contributed by atoms with van der Waals surface area (Å²) in [6.45, 7) is 3.89. The molecular formula is C22H27N3O4S. The Morgan fingerprint density at radius 3 is 2.53 bits per heavy atom. The third-order valence-corrected chi connectivity index (χ3v) is 7.08. The first kappa shape index (κ1) is 22.0. The van der Waals surface area contributed by atoms with Gasteiger partial charge in [-0.3, -0.25) is 9.59 Å². The molecule has 0 radical (unpaired) electrons. The molecule has 2 N–H and O–H groups in total. The van der Waals surface area contributed by atoms with Crippen molar-refractivity contribution in [3.8, 4) is 0 Å². The van der Waals surface area contributed by atoms with Gasteiger partial charge in [-0.05, 0) is 49.6 Å². The first-order valence-corrected chi connectivity index (χ1v) is 11.4. The Balaban J connectivity index is 1.66. The largest absolute Gasteiger partial charge is 0.349 e. The van der Waals surface area contributed by atoms with Crippen LogP contribution in [0, 0.1) is 5.92 Å². The smallest absolute Gasteiger partial charge is 0.243 e. The normalized spacial score (nSPS) is 18.4. The summed E-state index contributed by atoms with van der Waals surface area (Å²) >= 11 is 0. The van der Waals surface area contributed by atoms with E-state index in [2.05, 4.69) is 10.6 Å². The number of anilines is 1. The predicted molar refractivity (Wildman–Crippen MR) is 115 cm³/mol. The molecule has 1 fully saturated rings. The van der Waals surface area contributed by atoms with E-state index in [-0.39, 0.29) is 29.3 Å². The summed E-state index contributed by atoms with van der Waals surface area (Å²) in [6.07, 6.45) is 1.28. The SMILES string of the molecule is CC(=O)Nc1cccc(C(C)NC(=O)C2CCCN(S(=O)(=O)c3ccccc3)C2)c1. The van der Waals surface area contributed by atoms with E-state index >= 15 is 0 Å². The number of nitrogens with zero attached hydrogens (tertiary/aromatic N) is 1. The average Bonchev–Trinajstić information content (AvgIpc) is 2.74. The van der Waals surface area contributed by atoms with Crippen molar-refractivity contribution in [2.45, 2.75) is 37.6 Å². The minimum absolute atomic E-state index is 0.161. The lowest BCUT2D eigenvalue weighted by atomic mass is 9.98. The van der Waals surface area contributed by atoms with Crippen LogP contribution in [0.25, 0.3) is 0 Å². The Bertz CT molecular complexity index is 1010. The van der Waals surface area contributed by atoms with Crippen LogP contribution in [-0.4, -0.2) is 37.6 Å². The monoisotopic (exact) mass is 429 g/mol. The van der Waals surface area contributed by atoms with Crippen molar-refractivity contribution in [1.82, 2.24) is 9.62 Å². The molecule has 1 aliphatic rings. The quantitative estimate of drug-likeness (QED) is 0.738. The zero-order chi connectivity index (χ0) is 21.7. The van der Waals surface area contributed by atoms with Gasteiger partial charge in [0.05, 0.1) is 16.9 Å². The average molecular weight is 430 g/mol. The van der Waals surface area contributed by atoms with Crippen molar-refractivity contribution in [2.75, 3.05) is 18.4 Å². The van der Waals surface area contributed by atoms with Crippen LogP contribution in [0.15, 0.2) is 59.5 Å². The summed E-state index contributed by atoms with van der Waals surface area (Å²) in [5, 5.41) is 5.71. The third-order valence-electron chi connectivity index (χ3n) is 5.20. The summed E-state index contributed by atoms with van der Waals surface area (Å²) in [6, 6.07) is 15.3. The molecule has 1 saturated heterocycles. The van der Waals surface area contributed by atoms with Crippen molar-refractivity contribution in [1.29, 1.82) is 0 Å². The Morgan fingerprint density at radius 2 is 1.83 bits per heavy atom. The first-order chi connectivity index (χ1) is 14.3.